The number of carbonyl (C=O) groups is 1. The second kappa shape index (κ2) is 7.77. The summed E-state index contributed by atoms with van der Waals surface area (Å²) in [4.78, 5) is 16.5. The lowest BCUT2D eigenvalue weighted by molar-refractivity contribution is -0.123. The van der Waals surface area contributed by atoms with E-state index in [4.69, 9.17) is 4.74 Å². The van der Waals surface area contributed by atoms with E-state index in [1.807, 2.05) is 24.3 Å². The zero-order valence-electron chi connectivity index (χ0n) is 13.1. The number of nitrogens with zero attached hydrogens (tertiary/aromatic N) is 1. The van der Waals surface area contributed by atoms with E-state index in [1.165, 1.54) is 25.7 Å². The van der Waals surface area contributed by atoms with Gasteiger partial charge in [0.2, 0.25) is 5.88 Å². The molecule has 5 heteroatoms. The molecule has 23 heavy (non-hydrogen) atoms. The van der Waals surface area contributed by atoms with Gasteiger partial charge in [0.25, 0.3) is 5.91 Å². The monoisotopic (exact) mass is 376 g/mol. The van der Waals surface area contributed by atoms with E-state index in [1.54, 1.807) is 6.07 Å². The van der Waals surface area contributed by atoms with Gasteiger partial charge in [-0.15, -0.1) is 0 Å². The molecule has 0 spiro atoms. The van der Waals surface area contributed by atoms with E-state index < -0.39 is 0 Å². The molecular formula is C18H21BrN2O2. The first-order valence-corrected chi connectivity index (χ1v) is 8.98. The second-order valence-electron chi connectivity index (χ2n) is 6.03. The van der Waals surface area contributed by atoms with Gasteiger partial charge in [-0.1, -0.05) is 47.7 Å². The predicted molar refractivity (Wildman–Crippen MR) is 94.6 cm³/mol. The normalized spacial score (nSPS) is 16.0. The molecule has 3 rings (SSSR count). The van der Waals surface area contributed by atoms with Crippen molar-refractivity contribution in [1.29, 1.82) is 0 Å². The minimum atomic E-state index is -0.0620. The van der Waals surface area contributed by atoms with Gasteiger partial charge >= 0.3 is 0 Å². The number of hydrogen-bond acceptors (Lipinski definition) is 3. The van der Waals surface area contributed by atoms with E-state index in [2.05, 4.69) is 26.2 Å². The zero-order valence-corrected chi connectivity index (χ0v) is 14.6. The Hall–Kier alpha value is -1.62. The van der Waals surface area contributed by atoms with Gasteiger partial charge in [-0.25, -0.2) is 4.98 Å². The molecule has 0 atom stereocenters. The number of nitrogens with one attached hydrogen (secondary N) is 1. The standard InChI is InChI=1S/C18H21BrN2O2/c19-14-9-7-13-8-10-18(21-16(13)11-14)23-12-17(22)20-15-5-3-1-2-4-6-15/h7-11,15H,1-6,12H2,(H,20,22). The molecule has 122 valence electrons. The van der Waals surface area contributed by atoms with Crippen LogP contribution in [0.5, 0.6) is 5.88 Å². The maximum Gasteiger partial charge on any atom is 0.258 e. The van der Waals surface area contributed by atoms with Crippen molar-refractivity contribution in [2.45, 2.75) is 44.6 Å². The van der Waals surface area contributed by atoms with E-state index in [9.17, 15) is 4.79 Å². The average Bonchev–Trinajstić information content (AvgIpc) is 2.81. The maximum absolute atomic E-state index is 12.0. The molecule has 2 aromatic rings. The summed E-state index contributed by atoms with van der Waals surface area (Å²) in [5, 5.41) is 4.12. The lowest BCUT2D eigenvalue weighted by Gasteiger charge is -2.16. The fourth-order valence-electron chi connectivity index (χ4n) is 2.98. The van der Waals surface area contributed by atoms with Crippen LogP contribution < -0.4 is 10.1 Å². The van der Waals surface area contributed by atoms with Gasteiger partial charge < -0.3 is 10.1 Å². The highest BCUT2D eigenvalue weighted by Crippen LogP contribution is 2.21. The average molecular weight is 377 g/mol. The largest absolute Gasteiger partial charge is 0.468 e. The molecule has 1 saturated carbocycles. The number of amides is 1. The second-order valence-corrected chi connectivity index (χ2v) is 6.95. The topological polar surface area (TPSA) is 51.2 Å². The Morgan fingerprint density at radius 2 is 1.91 bits per heavy atom. The highest BCUT2D eigenvalue weighted by atomic mass is 79.9. The molecule has 1 aliphatic carbocycles. The Kier molecular flexibility index (Phi) is 5.49. The third-order valence-corrected chi connectivity index (χ3v) is 4.69. The molecule has 0 aliphatic heterocycles. The van der Waals surface area contributed by atoms with Crippen molar-refractivity contribution in [2.24, 2.45) is 0 Å². The van der Waals surface area contributed by atoms with Crippen molar-refractivity contribution >= 4 is 32.7 Å². The Morgan fingerprint density at radius 3 is 2.70 bits per heavy atom. The summed E-state index contributed by atoms with van der Waals surface area (Å²) in [6.07, 6.45) is 7.11. The smallest absolute Gasteiger partial charge is 0.258 e. The van der Waals surface area contributed by atoms with Gasteiger partial charge in [0.1, 0.15) is 0 Å². The predicted octanol–water partition coefficient (Wildman–Crippen LogP) is 4.22. The van der Waals surface area contributed by atoms with Crippen molar-refractivity contribution in [2.75, 3.05) is 6.61 Å². The number of ether oxygens (including phenoxy) is 1. The maximum atomic E-state index is 12.0. The summed E-state index contributed by atoms with van der Waals surface area (Å²) in [6, 6.07) is 9.96. The van der Waals surface area contributed by atoms with E-state index in [-0.39, 0.29) is 12.5 Å². The molecule has 1 aliphatic rings. The summed E-state index contributed by atoms with van der Waals surface area (Å²) in [6.45, 7) is 0.0169. The third-order valence-electron chi connectivity index (χ3n) is 4.20. The van der Waals surface area contributed by atoms with Crippen LogP contribution in [0, 0.1) is 0 Å². The molecule has 1 amide bonds. The number of benzene rings is 1. The van der Waals surface area contributed by atoms with Crippen molar-refractivity contribution in [1.82, 2.24) is 10.3 Å². The molecule has 0 radical (unpaired) electrons. The van der Waals surface area contributed by atoms with Crippen LogP contribution in [0.3, 0.4) is 0 Å². The van der Waals surface area contributed by atoms with Crippen LogP contribution in [0.1, 0.15) is 38.5 Å². The Balaban J connectivity index is 1.55. The van der Waals surface area contributed by atoms with Crippen LogP contribution in [0.25, 0.3) is 10.9 Å². The van der Waals surface area contributed by atoms with Crippen molar-refractivity contribution in [3.63, 3.8) is 0 Å². The minimum absolute atomic E-state index is 0.0169. The minimum Gasteiger partial charge on any atom is -0.468 e. The van der Waals surface area contributed by atoms with Gasteiger partial charge in [-0.3, -0.25) is 4.79 Å². The highest BCUT2D eigenvalue weighted by Gasteiger charge is 2.15. The highest BCUT2D eigenvalue weighted by molar-refractivity contribution is 9.10. The quantitative estimate of drug-likeness (QED) is 0.812. The first-order valence-electron chi connectivity index (χ1n) is 8.19. The van der Waals surface area contributed by atoms with Crippen LogP contribution in [0.2, 0.25) is 0 Å². The number of carbonyl (C=O) groups excluding carboxylic acids is 1. The Bertz CT molecular complexity index is 682. The summed E-state index contributed by atoms with van der Waals surface area (Å²) >= 11 is 3.44. The van der Waals surface area contributed by atoms with Crippen LogP contribution in [-0.4, -0.2) is 23.5 Å². The number of fused-ring (bicyclic) bond motifs is 1. The summed E-state index contributed by atoms with van der Waals surface area (Å²) in [5.41, 5.74) is 0.848. The third kappa shape index (κ3) is 4.67. The Labute approximate surface area is 144 Å². The number of hydrogen-bond donors (Lipinski definition) is 1. The zero-order chi connectivity index (χ0) is 16.1. The summed E-state index contributed by atoms with van der Waals surface area (Å²) in [5.74, 6) is 0.416. The fraction of sp³-hybridized carbons (Fsp3) is 0.444. The van der Waals surface area contributed by atoms with Crippen molar-refractivity contribution in [3.05, 3.63) is 34.8 Å². The lowest BCUT2D eigenvalue weighted by atomic mass is 10.1. The van der Waals surface area contributed by atoms with Crippen molar-refractivity contribution < 1.29 is 9.53 Å². The number of aromatic nitrogens is 1. The first-order chi connectivity index (χ1) is 11.2. The van der Waals surface area contributed by atoms with Crippen molar-refractivity contribution in [3.8, 4) is 5.88 Å². The summed E-state index contributed by atoms with van der Waals surface area (Å²) in [7, 11) is 0. The SMILES string of the molecule is O=C(COc1ccc2ccc(Br)cc2n1)NC1CCCCCC1. The molecule has 0 bridgehead atoms. The molecule has 1 aromatic heterocycles. The van der Waals surface area contributed by atoms with Gasteiger partial charge in [0.05, 0.1) is 5.52 Å². The molecule has 1 fully saturated rings. The van der Waals surface area contributed by atoms with Gasteiger partial charge in [0, 0.05) is 22.0 Å². The molecule has 4 nitrogen and oxygen atoms in total. The molecule has 1 heterocycles. The Morgan fingerprint density at radius 1 is 1.17 bits per heavy atom. The van der Waals surface area contributed by atoms with E-state index in [0.717, 1.165) is 28.2 Å². The van der Waals surface area contributed by atoms with Crippen LogP contribution in [0.15, 0.2) is 34.8 Å². The van der Waals surface area contributed by atoms with Gasteiger partial charge in [-0.2, -0.15) is 0 Å². The van der Waals surface area contributed by atoms with Crippen LogP contribution >= 0.6 is 15.9 Å². The fourth-order valence-corrected chi connectivity index (χ4v) is 3.33. The number of halogens is 1. The van der Waals surface area contributed by atoms with Crippen LogP contribution in [-0.2, 0) is 4.79 Å². The van der Waals surface area contributed by atoms with E-state index >= 15 is 0 Å². The molecular weight excluding hydrogens is 356 g/mol. The molecule has 1 N–H and O–H groups in total. The summed E-state index contributed by atoms with van der Waals surface area (Å²) < 4.78 is 6.52. The molecule has 0 saturated heterocycles. The van der Waals surface area contributed by atoms with Crippen LogP contribution in [0.4, 0.5) is 0 Å². The van der Waals surface area contributed by atoms with Gasteiger partial charge in [-0.05, 0) is 31.0 Å². The van der Waals surface area contributed by atoms with Gasteiger partial charge in [0.15, 0.2) is 6.61 Å². The lowest BCUT2D eigenvalue weighted by Crippen LogP contribution is -2.37. The molecule has 0 unspecified atom stereocenters. The van der Waals surface area contributed by atoms with E-state index in [0.29, 0.717) is 11.9 Å². The first kappa shape index (κ1) is 16.2. The number of pyridine rings is 1. The number of rotatable bonds is 4. The molecule has 1 aromatic carbocycles.